The van der Waals surface area contributed by atoms with Crippen molar-refractivity contribution in [1.29, 1.82) is 0 Å². The lowest BCUT2D eigenvalue weighted by molar-refractivity contribution is -0.253. The molecule has 0 aromatic heterocycles. The quantitative estimate of drug-likeness (QED) is 0.0267. The van der Waals surface area contributed by atoms with Crippen molar-refractivity contribution < 1.29 is 23.8 Å². The van der Waals surface area contributed by atoms with Crippen LogP contribution in [0.3, 0.4) is 0 Å². The van der Waals surface area contributed by atoms with Crippen molar-refractivity contribution >= 4 is 11.9 Å². The largest absolute Gasteiger partial charge is 0.461 e. The molecule has 55 heavy (non-hydrogen) atoms. The predicted octanol–water partition coefficient (Wildman–Crippen LogP) is 13.1. The molecule has 0 atom stereocenters. The molecule has 0 saturated heterocycles. The van der Waals surface area contributed by atoms with Crippen molar-refractivity contribution in [3.8, 4) is 0 Å². The fourth-order valence-corrected chi connectivity index (χ4v) is 7.72. The first-order valence-electron chi connectivity index (χ1n) is 23.9. The number of hydrogen-bond donors (Lipinski definition) is 0. The molecule has 324 valence electrons. The number of unbranched alkanes of at least 4 members (excludes halogenated alkanes) is 21. The van der Waals surface area contributed by atoms with Gasteiger partial charge in [0.05, 0.1) is 13.2 Å². The molecule has 0 aromatic carbocycles. The zero-order chi connectivity index (χ0) is 39.9. The number of ether oxygens (including phenoxy) is 3. The number of amides is 1. The van der Waals surface area contributed by atoms with Crippen molar-refractivity contribution in [3.63, 3.8) is 0 Å². The molecule has 0 unspecified atom stereocenters. The second-order valence-corrected chi connectivity index (χ2v) is 16.9. The third-order valence-corrected chi connectivity index (χ3v) is 11.3. The van der Waals surface area contributed by atoms with Crippen LogP contribution in [0, 0.1) is 0 Å². The Kier molecular flexibility index (Phi) is 35.7. The fourth-order valence-electron chi connectivity index (χ4n) is 7.72. The second-order valence-electron chi connectivity index (χ2n) is 16.9. The van der Waals surface area contributed by atoms with Crippen molar-refractivity contribution in [3.05, 3.63) is 12.2 Å². The molecule has 0 bridgehead atoms. The number of nitrogens with zero attached hydrogens (tertiary/aromatic N) is 2. The third kappa shape index (κ3) is 32.2. The first-order chi connectivity index (χ1) is 26.9. The lowest BCUT2D eigenvalue weighted by Gasteiger charge is -2.37. The van der Waals surface area contributed by atoms with Crippen molar-refractivity contribution in [2.24, 2.45) is 0 Å². The van der Waals surface area contributed by atoms with Gasteiger partial charge in [-0.3, -0.25) is 9.59 Å². The van der Waals surface area contributed by atoms with Gasteiger partial charge in [-0.25, -0.2) is 0 Å². The summed E-state index contributed by atoms with van der Waals surface area (Å²) in [5.74, 6) is -0.0279. The van der Waals surface area contributed by atoms with Gasteiger partial charge in [0, 0.05) is 38.8 Å². The zero-order valence-electron chi connectivity index (χ0n) is 37.2. The van der Waals surface area contributed by atoms with Crippen LogP contribution in [-0.4, -0.2) is 81.0 Å². The van der Waals surface area contributed by atoms with E-state index in [0.717, 1.165) is 97.1 Å². The minimum Gasteiger partial charge on any atom is -0.461 e. The van der Waals surface area contributed by atoms with Gasteiger partial charge in [-0.15, -0.1) is 0 Å². The highest BCUT2D eigenvalue weighted by atomic mass is 16.7. The fraction of sp³-hybridized carbons (Fsp3) is 0.917. The van der Waals surface area contributed by atoms with Gasteiger partial charge < -0.3 is 24.0 Å². The lowest BCUT2D eigenvalue weighted by atomic mass is 9.94. The molecule has 0 radical (unpaired) electrons. The van der Waals surface area contributed by atoms with E-state index in [0.29, 0.717) is 25.4 Å². The molecule has 1 saturated carbocycles. The molecule has 7 heteroatoms. The van der Waals surface area contributed by atoms with Crippen molar-refractivity contribution in [2.45, 2.75) is 232 Å². The van der Waals surface area contributed by atoms with Crippen LogP contribution in [0.5, 0.6) is 0 Å². The molecule has 0 N–H and O–H groups in total. The highest BCUT2D eigenvalue weighted by Crippen LogP contribution is 2.33. The number of carbonyl (C=O) groups is 2. The maximum Gasteiger partial charge on any atom is 0.306 e. The van der Waals surface area contributed by atoms with E-state index < -0.39 is 0 Å². The Morgan fingerprint density at radius 1 is 0.527 bits per heavy atom. The molecule has 1 amide bonds. The normalized spacial score (nSPS) is 14.3. The molecule has 1 aliphatic rings. The van der Waals surface area contributed by atoms with E-state index in [-0.39, 0.29) is 11.8 Å². The highest BCUT2D eigenvalue weighted by Gasteiger charge is 2.33. The first-order valence-corrected chi connectivity index (χ1v) is 23.9. The summed E-state index contributed by atoms with van der Waals surface area (Å²) < 4.78 is 18.2. The summed E-state index contributed by atoms with van der Waals surface area (Å²) in [6.07, 6.45) is 42.4. The van der Waals surface area contributed by atoms with Crippen LogP contribution in [0.25, 0.3) is 0 Å². The molecule has 1 fully saturated rings. The summed E-state index contributed by atoms with van der Waals surface area (Å²) >= 11 is 0. The number of carbonyl (C=O) groups excluding carboxylic acids is 2. The molecule has 7 nitrogen and oxygen atoms in total. The third-order valence-electron chi connectivity index (χ3n) is 11.3. The molecular formula is C48H92N2O5. The van der Waals surface area contributed by atoms with E-state index in [2.05, 4.69) is 43.8 Å². The monoisotopic (exact) mass is 777 g/mol. The van der Waals surface area contributed by atoms with E-state index in [4.69, 9.17) is 14.2 Å². The van der Waals surface area contributed by atoms with Gasteiger partial charge in [0.1, 0.15) is 6.61 Å². The van der Waals surface area contributed by atoms with Crippen LogP contribution >= 0.6 is 0 Å². The minimum atomic E-state index is -0.297. The Morgan fingerprint density at radius 2 is 1.02 bits per heavy atom. The van der Waals surface area contributed by atoms with Crippen LogP contribution in [0.15, 0.2) is 12.2 Å². The average molecular weight is 777 g/mol. The molecule has 1 rings (SSSR count). The Morgan fingerprint density at radius 3 is 1.56 bits per heavy atom. The van der Waals surface area contributed by atoms with Gasteiger partial charge in [-0.05, 0) is 84.8 Å². The number of allylic oxidation sites excluding steroid dienone is 1. The van der Waals surface area contributed by atoms with Gasteiger partial charge in [-0.1, -0.05) is 148 Å². The highest BCUT2D eigenvalue weighted by molar-refractivity contribution is 5.76. The zero-order valence-corrected chi connectivity index (χ0v) is 37.2. The SMILES string of the molecule is CCCCCC/C=C\COC(=O)CCCCCCCCCN(CCCCCCCCCCOC1(OCCCCCCC)CCCCC1)C(=O)CCCN(C)C. The molecule has 0 heterocycles. The topological polar surface area (TPSA) is 68.3 Å². The smallest absolute Gasteiger partial charge is 0.306 e. The maximum atomic E-state index is 13.1. The summed E-state index contributed by atoms with van der Waals surface area (Å²) in [5, 5.41) is 0. The number of hydrogen-bond acceptors (Lipinski definition) is 6. The Labute approximate surface area is 341 Å². The summed E-state index contributed by atoms with van der Waals surface area (Å²) in [4.78, 5) is 29.5. The van der Waals surface area contributed by atoms with Gasteiger partial charge >= 0.3 is 5.97 Å². The first kappa shape index (κ1) is 51.6. The van der Waals surface area contributed by atoms with Crippen molar-refractivity contribution in [1.82, 2.24) is 9.80 Å². The average Bonchev–Trinajstić information content (AvgIpc) is 3.18. The summed E-state index contributed by atoms with van der Waals surface area (Å²) in [7, 11) is 4.16. The lowest BCUT2D eigenvalue weighted by Crippen LogP contribution is -2.38. The molecular weight excluding hydrogens is 685 g/mol. The molecule has 0 aromatic rings. The molecule has 0 aliphatic heterocycles. The van der Waals surface area contributed by atoms with Gasteiger partial charge in [-0.2, -0.15) is 0 Å². The summed E-state index contributed by atoms with van der Waals surface area (Å²) in [6, 6.07) is 0. The number of esters is 1. The van der Waals surface area contributed by atoms with Crippen LogP contribution in [0.2, 0.25) is 0 Å². The van der Waals surface area contributed by atoms with Crippen LogP contribution < -0.4 is 0 Å². The van der Waals surface area contributed by atoms with Crippen LogP contribution in [-0.2, 0) is 23.8 Å². The van der Waals surface area contributed by atoms with Gasteiger partial charge in [0.25, 0.3) is 0 Å². The Hall–Kier alpha value is -1.44. The maximum absolute atomic E-state index is 13.1. The van der Waals surface area contributed by atoms with Gasteiger partial charge in [0.15, 0.2) is 5.79 Å². The van der Waals surface area contributed by atoms with Gasteiger partial charge in [0.2, 0.25) is 5.91 Å². The standard InChI is InChI=1S/C48H92N2O5/c1-5-7-9-11-18-24-32-43-53-47(52)37-27-20-15-14-17-22-31-42-50(46(51)36-35-40-49(3)4)41-30-21-16-12-13-19-25-34-45-55-48(38-28-26-29-39-48)54-44-33-23-10-8-6-2/h24,32H,5-23,25-31,33-45H2,1-4H3/b32-24-. The van der Waals surface area contributed by atoms with Crippen LogP contribution in [0.4, 0.5) is 0 Å². The number of rotatable bonds is 40. The Bertz CT molecular complexity index is 888. The van der Waals surface area contributed by atoms with E-state index in [9.17, 15) is 9.59 Å². The van der Waals surface area contributed by atoms with E-state index in [1.54, 1.807) is 0 Å². The second kappa shape index (κ2) is 38.1. The van der Waals surface area contributed by atoms with Crippen molar-refractivity contribution in [2.75, 3.05) is 53.6 Å². The van der Waals surface area contributed by atoms with E-state index in [1.807, 2.05) is 6.08 Å². The molecule has 1 aliphatic carbocycles. The summed E-state index contributed by atoms with van der Waals surface area (Å²) in [6.45, 7) is 9.37. The Balaban J connectivity index is 2.14. The van der Waals surface area contributed by atoms with E-state index >= 15 is 0 Å². The minimum absolute atomic E-state index is 0.0699. The van der Waals surface area contributed by atoms with Crippen LogP contribution in [0.1, 0.15) is 226 Å². The van der Waals surface area contributed by atoms with E-state index in [1.165, 1.54) is 135 Å². The molecule has 0 spiro atoms. The summed E-state index contributed by atoms with van der Waals surface area (Å²) in [5.41, 5.74) is 0. The predicted molar refractivity (Wildman–Crippen MR) is 234 cm³/mol.